The lowest BCUT2D eigenvalue weighted by atomic mass is 10.0. The Morgan fingerprint density at radius 1 is 1.18 bits per heavy atom. The second-order valence-electron chi connectivity index (χ2n) is 5.39. The third kappa shape index (κ3) is 6.26. The van der Waals surface area contributed by atoms with Crippen LogP contribution in [0.2, 0.25) is 0 Å². The molecule has 2 amide bonds. The smallest absolute Gasteiger partial charge is 0.313 e. The van der Waals surface area contributed by atoms with Gasteiger partial charge in [0, 0.05) is 18.8 Å². The predicted molar refractivity (Wildman–Crippen MR) is 87.6 cm³/mol. The molecule has 0 aliphatic heterocycles. The normalized spacial score (nSPS) is 11.8. The number of aliphatic hydroxyl groups is 1. The number of nitrogens with one attached hydrogen (secondary N) is 2. The maximum atomic E-state index is 11.9. The molecule has 5 nitrogen and oxygen atoms in total. The van der Waals surface area contributed by atoms with E-state index in [1.807, 2.05) is 25.1 Å². The van der Waals surface area contributed by atoms with Crippen molar-refractivity contribution in [2.45, 2.75) is 39.5 Å². The monoisotopic (exact) mass is 306 g/mol. The molecule has 22 heavy (non-hydrogen) atoms. The first kappa shape index (κ1) is 18.2. The number of amides is 2. The summed E-state index contributed by atoms with van der Waals surface area (Å²) in [7, 11) is 0. The Balaban J connectivity index is 2.48. The third-order valence-electron chi connectivity index (χ3n) is 3.58. The molecule has 0 heterocycles. The van der Waals surface area contributed by atoms with Crippen LogP contribution in [0.25, 0.3) is 0 Å². The molecule has 0 aromatic heterocycles. The molecular weight excluding hydrogens is 280 g/mol. The molecule has 0 saturated heterocycles. The van der Waals surface area contributed by atoms with Gasteiger partial charge in [0.1, 0.15) is 0 Å². The molecule has 1 unspecified atom stereocenters. The zero-order chi connectivity index (χ0) is 16.4. The molecule has 0 spiro atoms. The topological polar surface area (TPSA) is 78.4 Å². The van der Waals surface area contributed by atoms with Gasteiger partial charge in [-0.2, -0.15) is 0 Å². The zero-order valence-electron chi connectivity index (χ0n) is 13.4. The van der Waals surface area contributed by atoms with E-state index in [-0.39, 0.29) is 12.5 Å². The molecule has 3 N–H and O–H groups in total. The largest absolute Gasteiger partial charge is 0.396 e. The standard InChI is InChI=1S/C17H26N2O3/c1-3-6-14(9-10-20)12-18-16(21)17(22)19-15-8-5-7-13(4-2)11-15/h5,7-8,11,14,20H,3-4,6,9-10,12H2,1-2H3,(H,18,21)(H,19,22). The fraction of sp³-hybridized carbons (Fsp3) is 0.529. The highest BCUT2D eigenvalue weighted by atomic mass is 16.3. The Bertz CT molecular complexity index is 483. The van der Waals surface area contributed by atoms with Crippen molar-refractivity contribution in [3.05, 3.63) is 29.8 Å². The number of hydrogen-bond donors (Lipinski definition) is 3. The summed E-state index contributed by atoms with van der Waals surface area (Å²) in [4.78, 5) is 23.7. The number of hydrogen-bond acceptors (Lipinski definition) is 3. The molecule has 0 aliphatic carbocycles. The van der Waals surface area contributed by atoms with Gasteiger partial charge in [-0.15, -0.1) is 0 Å². The minimum absolute atomic E-state index is 0.0938. The molecule has 0 saturated carbocycles. The summed E-state index contributed by atoms with van der Waals surface area (Å²) in [5, 5.41) is 14.2. The van der Waals surface area contributed by atoms with Crippen LogP contribution < -0.4 is 10.6 Å². The van der Waals surface area contributed by atoms with E-state index in [0.717, 1.165) is 24.8 Å². The summed E-state index contributed by atoms with van der Waals surface area (Å²) >= 11 is 0. The molecule has 1 rings (SSSR count). The summed E-state index contributed by atoms with van der Waals surface area (Å²) in [6.07, 6.45) is 3.40. The van der Waals surface area contributed by atoms with E-state index in [1.165, 1.54) is 0 Å². The van der Waals surface area contributed by atoms with Gasteiger partial charge < -0.3 is 15.7 Å². The third-order valence-corrected chi connectivity index (χ3v) is 3.58. The number of aryl methyl sites for hydroxylation is 1. The van der Waals surface area contributed by atoms with Crippen LogP contribution in [0.15, 0.2) is 24.3 Å². The van der Waals surface area contributed by atoms with Gasteiger partial charge in [-0.1, -0.05) is 32.4 Å². The molecule has 1 aromatic carbocycles. The van der Waals surface area contributed by atoms with Crippen molar-refractivity contribution < 1.29 is 14.7 Å². The summed E-state index contributed by atoms with van der Waals surface area (Å²) in [6.45, 7) is 4.59. The minimum Gasteiger partial charge on any atom is -0.396 e. The number of rotatable bonds is 8. The number of carbonyl (C=O) groups is 2. The Morgan fingerprint density at radius 3 is 2.59 bits per heavy atom. The first-order valence-corrected chi connectivity index (χ1v) is 7.89. The average molecular weight is 306 g/mol. The van der Waals surface area contributed by atoms with Gasteiger partial charge >= 0.3 is 11.8 Å². The van der Waals surface area contributed by atoms with E-state index in [2.05, 4.69) is 17.6 Å². The van der Waals surface area contributed by atoms with Crippen molar-refractivity contribution in [2.24, 2.45) is 5.92 Å². The number of benzene rings is 1. The van der Waals surface area contributed by atoms with Crippen molar-refractivity contribution in [2.75, 3.05) is 18.5 Å². The van der Waals surface area contributed by atoms with Crippen LogP contribution in [0.5, 0.6) is 0 Å². The number of anilines is 1. The molecule has 1 aromatic rings. The molecule has 0 aliphatic rings. The SMILES string of the molecule is CCCC(CCO)CNC(=O)C(=O)Nc1cccc(CC)c1. The Labute approximate surface area is 132 Å². The Kier molecular flexibility index (Phi) is 8.22. The van der Waals surface area contributed by atoms with Gasteiger partial charge in [0.25, 0.3) is 0 Å². The van der Waals surface area contributed by atoms with Crippen LogP contribution in [-0.4, -0.2) is 30.1 Å². The quantitative estimate of drug-likeness (QED) is 0.644. The zero-order valence-corrected chi connectivity index (χ0v) is 13.4. The van der Waals surface area contributed by atoms with E-state index in [9.17, 15) is 9.59 Å². The van der Waals surface area contributed by atoms with Gasteiger partial charge in [0.05, 0.1) is 0 Å². The maximum Gasteiger partial charge on any atom is 0.313 e. The number of aliphatic hydroxyl groups excluding tert-OH is 1. The lowest BCUT2D eigenvalue weighted by molar-refractivity contribution is -0.136. The first-order valence-electron chi connectivity index (χ1n) is 7.89. The van der Waals surface area contributed by atoms with Crippen molar-refractivity contribution in [3.8, 4) is 0 Å². The summed E-state index contributed by atoms with van der Waals surface area (Å²) < 4.78 is 0. The second kappa shape index (κ2) is 9.95. The van der Waals surface area contributed by atoms with Gasteiger partial charge in [-0.3, -0.25) is 9.59 Å². The van der Waals surface area contributed by atoms with Gasteiger partial charge in [0.2, 0.25) is 0 Å². The summed E-state index contributed by atoms with van der Waals surface area (Å²) in [5.74, 6) is -1.09. The molecule has 5 heteroatoms. The van der Waals surface area contributed by atoms with Crippen LogP contribution in [0, 0.1) is 5.92 Å². The van der Waals surface area contributed by atoms with Crippen LogP contribution in [-0.2, 0) is 16.0 Å². The highest BCUT2D eigenvalue weighted by Gasteiger charge is 2.16. The summed E-state index contributed by atoms with van der Waals surface area (Å²) in [5.41, 5.74) is 1.73. The van der Waals surface area contributed by atoms with Crippen LogP contribution in [0.1, 0.15) is 38.7 Å². The van der Waals surface area contributed by atoms with E-state index in [4.69, 9.17) is 5.11 Å². The fourth-order valence-corrected chi connectivity index (χ4v) is 2.31. The predicted octanol–water partition coefficient (Wildman–Crippen LogP) is 2.10. The van der Waals surface area contributed by atoms with Crippen LogP contribution in [0.3, 0.4) is 0 Å². The highest BCUT2D eigenvalue weighted by molar-refractivity contribution is 6.39. The van der Waals surface area contributed by atoms with Gasteiger partial charge in [-0.05, 0) is 42.9 Å². The minimum atomic E-state index is -0.660. The Hall–Kier alpha value is -1.88. The highest BCUT2D eigenvalue weighted by Crippen LogP contribution is 2.11. The maximum absolute atomic E-state index is 11.9. The van der Waals surface area contributed by atoms with E-state index in [0.29, 0.717) is 18.7 Å². The van der Waals surface area contributed by atoms with Gasteiger partial charge in [0.15, 0.2) is 0 Å². The average Bonchev–Trinajstić information content (AvgIpc) is 2.52. The molecule has 0 fully saturated rings. The molecule has 122 valence electrons. The molecule has 0 radical (unpaired) electrons. The van der Waals surface area contributed by atoms with Crippen LogP contribution in [0.4, 0.5) is 5.69 Å². The van der Waals surface area contributed by atoms with Gasteiger partial charge in [-0.25, -0.2) is 0 Å². The van der Waals surface area contributed by atoms with Crippen LogP contribution >= 0.6 is 0 Å². The molecule has 0 bridgehead atoms. The lowest BCUT2D eigenvalue weighted by Crippen LogP contribution is -2.38. The first-order chi connectivity index (χ1) is 10.6. The van der Waals surface area contributed by atoms with Crippen molar-refractivity contribution in [1.29, 1.82) is 0 Å². The fourth-order valence-electron chi connectivity index (χ4n) is 2.31. The number of carbonyl (C=O) groups excluding carboxylic acids is 2. The van der Waals surface area contributed by atoms with Crippen molar-refractivity contribution in [1.82, 2.24) is 5.32 Å². The Morgan fingerprint density at radius 2 is 1.95 bits per heavy atom. The van der Waals surface area contributed by atoms with E-state index < -0.39 is 11.8 Å². The second-order valence-corrected chi connectivity index (χ2v) is 5.39. The van der Waals surface area contributed by atoms with E-state index in [1.54, 1.807) is 6.07 Å². The molecular formula is C17H26N2O3. The summed E-state index contributed by atoms with van der Waals surface area (Å²) in [6, 6.07) is 7.44. The lowest BCUT2D eigenvalue weighted by Gasteiger charge is -2.15. The molecule has 1 atom stereocenters. The van der Waals surface area contributed by atoms with Crippen molar-refractivity contribution in [3.63, 3.8) is 0 Å². The van der Waals surface area contributed by atoms with E-state index >= 15 is 0 Å². The van der Waals surface area contributed by atoms with Crippen molar-refractivity contribution >= 4 is 17.5 Å².